The Morgan fingerprint density at radius 3 is 1.92 bits per heavy atom. The number of carboxylic acid groups (broad SMARTS) is 1. The summed E-state index contributed by atoms with van der Waals surface area (Å²) in [6.07, 6.45) is -0.493. The van der Waals surface area contributed by atoms with Gasteiger partial charge in [0.05, 0.1) is 13.6 Å². The second-order valence-corrected chi connectivity index (χ2v) is 7.25. The molecule has 0 aliphatic heterocycles. The molecule has 0 bridgehead atoms. The summed E-state index contributed by atoms with van der Waals surface area (Å²) in [5.74, 6) is -2.01. The maximum Gasteiger partial charge on any atom is 0.304 e. The standard InChI is InChI=1S/C7H14NO4P/c1-7(6(8)11,4-5(9)10)13(2,3)12/h4H2,1-3H3,(H2,8,11)(H,9,10). The van der Waals surface area contributed by atoms with Crippen LogP contribution in [0.15, 0.2) is 0 Å². The van der Waals surface area contributed by atoms with Gasteiger partial charge in [-0.2, -0.15) is 0 Å². The van der Waals surface area contributed by atoms with Gasteiger partial charge in [0.2, 0.25) is 5.91 Å². The van der Waals surface area contributed by atoms with E-state index in [0.29, 0.717) is 0 Å². The van der Waals surface area contributed by atoms with E-state index in [0.717, 1.165) is 0 Å². The molecular weight excluding hydrogens is 193 g/mol. The Kier molecular flexibility index (Phi) is 3.28. The molecule has 0 fully saturated rings. The second-order valence-electron chi connectivity index (χ2n) is 3.56. The predicted molar refractivity (Wildman–Crippen MR) is 49.3 cm³/mol. The fourth-order valence-electron chi connectivity index (χ4n) is 0.837. The van der Waals surface area contributed by atoms with Crippen LogP contribution in [-0.2, 0) is 14.2 Å². The smallest absolute Gasteiger partial charge is 0.304 e. The lowest BCUT2D eigenvalue weighted by Gasteiger charge is -2.28. The maximum atomic E-state index is 11.6. The third kappa shape index (κ3) is 2.56. The molecular formula is C7H14NO4P. The third-order valence-corrected chi connectivity index (χ3v) is 4.97. The van der Waals surface area contributed by atoms with Gasteiger partial charge in [0.25, 0.3) is 0 Å². The molecule has 0 heterocycles. The van der Waals surface area contributed by atoms with Gasteiger partial charge >= 0.3 is 5.97 Å². The molecule has 0 spiro atoms. The predicted octanol–water partition coefficient (Wildman–Crippen LogP) is 0.328. The molecule has 76 valence electrons. The van der Waals surface area contributed by atoms with Crippen LogP contribution in [0.3, 0.4) is 0 Å². The zero-order valence-corrected chi connectivity index (χ0v) is 8.80. The molecule has 1 atom stereocenters. The van der Waals surface area contributed by atoms with Crippen LogP contribution in [-0.4, -0.2) is 35.5 Å². The lowest BCUT2D eigenvalue weighted by atomic mass is 10.1. The van der Waals surface area contributed by atoms with Crippen molar-refractivity contribution in [2.45, 2.75) is 18.5 Å². The first-order valence-electron chi connectivity index (χ1n) is 3.68. The first kappa shape index (κ1) is 12.2. The van der Waals surface area contributed by atoms with Crippen LogP contribution in [0.25, 0.3) is 0 Å². The van der Waals surface area contributed by atoms with Crippen molar-refractivity contribution >= 4 is 19.0 Å². The van der Waals surface area contributed by atoms with Gasteiger partial charge in [-0.3, -0.25) is 9.59 Å². The normalized spacial score (nSPS) is 16.2. The van der Waals surface area contributed by atoms with E-state index in [4.69, 9.17) is 10.8 Å². The van der Waals surface area contributed by atoms with Gasteiger partial charge in [-0.25, -0.2) is 0 Å². The summed E-state index contributed by atoms with van der Waals surface area (Å²) < 4.78 is 11.6. The number of amides is 1. The van der Waals surface area contributed by atoms with E-state index in [2.05, 4.69) is 0 Å². The molecule has 0 aromatic carbocycles. The van der Waals surface area contributed by atoms with Crippen molar-refractivity contribution in [1.82, 2.24) is 0 Å². The summed E-state index contributed by atoms with van der Waals surface area (Å²) in [6, 6.07) is 0. The number of carbonyl (C=O) groups excluding carboxylic acids is 1. The first-order valence-corrected chi connectivity index (χ1v) is 6.28. The molecule has 0 saturated heterocycles. The number of hydrogen-bond acceptors (Lipinski definition) is 3. The van der Waals surface area contributed by atoms with E-state index >= 15 is 0 Å². The summed E-state index contributed by atoms with van der Waals surface area (Å²) in [4.78, 5) is 21.4. The lowest BCUT2D eigenvalue weighted by molar-refractivity contribution is -0.139. The molecule has 3 N–H and O–H groups in total. The van der Waals surface area contributed by atoms with Crippen molar-refractivity contribution in [2.24, 2.45) is 5.73 Å². The molecule has 0 aromatic heterocycles. The molecule has 1 unspecified atom stereocenters. The fraction of sp³-hybridized carbons (Fsp3) is 0.714. The van der Waals surface area contributed by atoms with Crippen LogP contribution in [0, 0.1) is 0 Å². The van der Waals surface area contributed by atoms with Gasteiger partial charge in [0, 0.05) is 0 Å². The van der Waals surface area contributed by atoms with Crippen molar-refractivity contribution in [3.05, 3.63) is 0 Å². The Morgan fingerprint density at radius 2 is 1.85 bits per heavy atom. The van der Waals surface area contributed by atoms with E-state index in [1.807, 2.05) is 0 Å². The van der Waals surface area contributed by atoms with Crippen molar-refractivity contribution in [1.29, 1.82) is 0 Å². The number of rotatable bonds is 4. The van der Waals surface area contributed by atoms with Crippen LogP contribution >= 0.6 is 7.14 Å². The summed E-state index contributed by atoms with van der Waals surface area (Å²) in [5.41, 5.74) is 5.03. The highest BCUT2D eigenvalue weighted by atomic mass is 31.2. The zero-order chi connectivity index (χ0) is 10.9. The summed E-state index contributed by atoms with van der Waals surface area (Å²) in [6.45, 7) is 4.05. The molecule has 0 radical (unpaired) electrons. The molecule has 1 amide bonds. The highest BCUT2D eigenvalue weighted by Crippen LogP contribution is 2.53. The Morgan fingerprint density at radius 1 is 1.46 bits per heavy atom. The Balaban J connectivity index is 5.09. The number of aliphatic carboxylic acids is 1. The minimum atomic E-state index is -2.85. The van der Waals surface area contributed by atoms with Crippen LogP contribution in [0.4, 0.5) is 0 Å². The van der Waals surface area contributed by atoms with E-state index in [1.165, 1.54) is 20.3 Å². The van der Waals surface area contributed by atoms with E-state index < -0.39 is 30.6 Å². The second kappa shape index (κ2) is 3.50. The minimum Gasteiger partial charge on any atom is -0.481 e. The monoisotopic (exact) mass is 207 g/mol. The quantitative estimate of drug-likeness (QED) is 0.649. The number of carbonyl (C=O) groups is 2. The van der Waals surface area contributed by atoms with Crippen molar-refractivity contribution in [3.63, 3.8) is 0 Å². The van der Waals surface area contributed by atoms with E-state index in [-0.39, 0.29) is 0 Å². The average Bonchev–Trinajstić information content (AvgIpc) is 1.82. The van der Waals surface area contributed by atoms with Gasteiger partial charge in [-0.05, 0) is 20.3 Å². The summed E-state index contributed by atoms with van der Waals surface area (Å²) >= 11 is 0. The van der Waals surface area contributed by atoms with Crippen molar-refractivity contribution < 1.29 is 19.3 Å². The largest absolute Gasteiger partial charge is 0.481 e. The topological polar surface area (TPSA) is 97.5 Å². The molecule has 13 heavy (non-hydrogen) atoms. The van der Waals surface area contributed by atoms with E-state index in [9.17, 15) is 14.2 Å². The molecule has 0 aliphatic rings. The highest BCUT2D eigenvalue weighted by Gasteiger charge is 2.44. The number of hydrogen-bond donors (Lipinski definition) is 2. The number of nitrogens with two attached hydrogens (primary N) is 1. The molecule has 5 nitrogen and oxygen atoms in total. The van der Waals surface area contributed by atoms with Gasteiger partial charge in [-0.1, -0.05) is 0 Å². The van der Waals surface area contributed by atoms with Gasteiger partial charge in [0.1, 0.15) is 5.16 Å². The summed E-state index contributed by atoms with van der Waals surface area (Å²) in [7, 11) is -2.85. The number of primary amides is 1. The van der Waals surface area contributed by atoms with E-state index in [1.54, 1.807) is 0 Å². The summed E-state index contributed by atoms with van der Waals surface area (Å²) in [5, 5.41) is 7.09. The maximum absolute atomic E-state index is 11.6. The average molecular weight is 207 g/mol. The third-order valence-electron chi connectivity index (χ3n) is 2.21. The SMILES string of the molecule is CC(CC(=O)O)(C(N)=O)P(C)(C)=O. The van der Waals surface area contributed by atoms with Crippen molar-refractivity contribution in [2.75, 3.05) is 13.3 Å². The molecule has 0 aliphatic carbocycles. The van der Waals surface area contributed by atoms with Crippen LogP contribution < -0.4 is 5.73 Å². The molecule has 6 heteroatoms. The van der Waals surface area contributed by atoms with Crippen LogP contribution in [0.2, 0.25) is 0 Å². The molecule has 0 aromatic rings. The Hall–Kier alpha value is -0.830. The van der Waals surface area contributed by atoms with Gasteiger partial charge in [0.15, 0.2) is 0 Å². The van der Waals surface area contributed by atoms with Gasteiger partial charge in [-0.15, -0.1) is 0 Å². The number of carboxylic acids is 1. The highest BCUT2D eigenvalue weighted by molar-refractivity contribution is 7.65. The van der Waals surface area contributed by atoms with Crippen LogP contribution in [0.5, 0.6) is 0 Å². The minimum absolute atomic E-state index is 0.493. The lowest BCUT2D eigenvalue weighted by Crippen LogP contribution is -2.42. The van der Waals surface area contributed by atoms with Gasteiger partial charge < -0.3 is 15.4 Å². The molecule has 0 saturated carbocycles. The Bertz CT molecular complexity index is 282. The van der Waals surface area contributed by atoms with Crippen LogP contribution in [0.1, 0.15) is 13.3 Å². The zero-order valence-electron chi connectivity index (χ0n) is 7.90. The first-order chi connectivity index (χ1) is 5.61. The van der Waals surface area contributed by atoms with Crippen molar-refractivity contribution in [3.8, 4) is 0 Å². The fourth-order valence-corrected chi connectivity index (χ4v) is 1.88. The Labute approximate surface area is 76.7 Å². The molecule has 0 rings (SSSR count).